The Morgan fingerprint density at radius 1 is 1.61 bits per heavy atom. The number of nitrogens with zero attached hydrogens (tertiary/aromatic N) is 3. The van der Waals surface area contributed by atoms with Crippen LogP contribution in [-0.4, -0.2) is 40.0 Å². The van der Waals surface area contributed by atoms with Gasteiger partial charge in [-0.15, -0.1) is 5.10 Å². The summed E-state index contributed by atoms with van der Waals surface area (Å²) in [6.07, 6.45) is 6.62. The highest BCUT2D eigenvalue weighted by atomic mass is 16.5. The van der Waals surface area contributed by atoms with E-state index < -0.39 is 0 Å². The molecule has 18 heavy (non-hydrogen) atoms. The van der Waals surface area contributed by atoms with Crippen LogP contribution in [0, 0.1) is 0 Å². The van der Waals surface area contributed by atoms with Crippen molar-refractivity contribution in [2.24, 2.45) is 5.73 Å². The molecule has 2 rings (SSSR count). The summed E-state index contributed by atoms with van der Waals surface area (Å²) >= 11 is 0. The SMILES string of the molecule is NCCn1cc(C(=O)CCCC2CCCO2)nn1. The number of rotatable bonds is 7. The van der Waals surface area contributed by atoms with Crippen molar-refractivity contribution in [3.8, 4) is 0 Å². The molecule has 100 valence electrons. The van der Waals surface area contributed by atoms with Gasteiger partial charge in [-0.25, -0.2) is 0 Å². The fourth-order valence-electron chi connectivity index (χ4n) is 2.16. The van der Waals surface area contributed by atoms with Gasteiger partial charge in [0, 0.05) is 19.6 Å². The predicted molar refractivity (Wildman–Crippen MR) is 66.2 cm³/mol. The lowest BCUT2D eigenvalue weighted by atomic mass is 10.1. The van der Waals surface area contributed by atoms with E-state index in [1.807, 2.05) is 0 Å². The van der Waals surface area contributed by atoms with Gasteiger partial charge in [-0.2, -0.15) is 0 Å². The van der Waals surface area contributed by atoms with Crippen molar-refractivity contribution in [3.63, 3.8) is 0 Å². The van der Waals surface area contributed by atoms with Crippen LogP contribution < -0.4 is 5.73 Å². The lowest BCUT2D eigenvalue weighted by molar-refractivity contribution is 0.0919. The van der Waals surface area contributed by atoms with E-state index in [0.29, 0.717) is 31.3 Å². The molecule has 0 amide bonds. The second-order valence-corrected chi connectivity index (χ2v) is 4.61. The molecule has 0 aliphatic carbocycles. The van der Waals surface area contributed by atoms with Gasteiger partial charge in [-0.1, -0.05) is 5.21 Å². The summed E-state index contributed by atoms with van der Waals surface area (Å²) in [6.45, 7) is 1.96. The van der Waals surface area contributed by atoms with Gasteiger partial charge in [0.25, 0.3) is 0 Å². The average Bonchev–Trinajstić information content (AvgIpc) is 3.00. The Bertz CT molecular complexity index is 385. The molecule has 1 aromatic rings. The quantitative estimate of drug-likeness (QED) is 0.725. The minimum Gasteiger partial charge on any atom is -0.378 e. The number of ether oxygens (including phenoxy) is 1. The molecule has 1 atom stereocenters. The predicted octanol–water partition coefficient (Wildman–Crippen LogP) is 0.769. The fourth-order valence-corrected chi connectivity index (χ4v) is 2.16. The molecule has 6 nitrogen and oxygen atoms in total. The van der Waals surface area contributed by atoms with Crippen molar-refractivity contribution >= 4 is 5.78 Å². The van der Waals surface area contributed by atoms with Crippen molar-refractivity contribution in [1.82, 2.24) is 15.0 Å². The van der Waals surface area contributed by atoms with Crippen LogP contribution >= 0.6 is 0 Å². The highest BCUT2D eigenvalue weighted by molar-refractivity contribution is 5.93. The third-order valence-electron chi connectivity index (χ3n) is 3.14. The maximum atomic E-state index is 11.8. The molecule has 2 N–H and O–H groups in total. The summed E-state index contributed by atoms with van der Waals surface area (Å²) in [5.74, 6) is 0.0521. The van der Waals surface area contributed by atoms with Gasteiger partial charge in [-0.05, 0) is 25.7 Å². The first-order valence-electron chi connectivity index (χ1n) is 6.54. The summed E-state index contributed by atoms with van der Waals surface area (Å²) in [7, 11) is 0. The van der Waals surface area contributed by atoms with Crippen molar-refractivity contribution in [1.29, 1.82) is 0 Å². The van der Waals surface area contributed by atoms with Gasteiger partial charge < -0.3 is 10.5 Å². The van der Waals surface area contributed by atoms with Crippen molar-refractivity contribution < 1.29 is 9.53 Å². The first-order valence-corrected chi connectivity index (χ1v) is 6.54. The Labute approximate surface area is 106 Å². The molecule has 1 aromatic heterocycles. The van der Waals surface area contributed by atoms with Gasteiger partial charge in [0.2, 0.25) is 0 Å². The Balaban J connectivity index is 1.72. The number of hydrogen-bond acceptors (Lipinski definition) is 5. The molecule has 1 unspecified atom stereocenters. The zero-order valence-corrected chi connectivity index (χ0v) is 10.5. The minimum atomic E-state index is 0.0521. The van der Waals surface area contributed by atoms with Crippen molar-refractivity contribution in [3.05, 3.63) is 11.9 Å². The summed E-state index contributed by atoms with van der Waals surface area (Å²) in [5, 5.41) is 7.72. The van der Waals surface area contributed by atoms with Crippen LogP contribution in [0.4, 0.5) is 0 Å². The van der Waals surface area contributed by atoms with Gasteiger partial charge in [0.1, 0.15) is 5.69 Å². The molecule has 1 saturated heterocycles. The lowest BCUT2D eigenvalue weighted by Gasteiger charge is -2.07. The van der Waals surface area contributed by atoms with Gasteiger partial charge in [-0.3, -0.25) is 9.48 Å². The standard InChI is InChI=1S/C12H20N4O2/c13-6-7-16-9-11(14-15-16)12(17)5-1-3-10-4-2-8-18-10/h9-10H,1-8,13H2. The van der Waals surface area contributed by atoms with E-state index >= 15 is 0 Å². The summed E-state index contributed by atoms with van der Waals surface area (Å²) in [6, 6.07) is 0. The lowest BCUT2D eigenvalue weighted by Crippen LogP contribution is -2.10. The molecule has 1 aliphatic heterocycles. The Hall–Kier alpha value is -1.27. The fraction of sp³-hybridized carbons (Fsp3) is 0.750. The second kappa shape index (κ2) is 6.61. The van der Waals surface area contributed by atoms with E-state index in [-0.39, 0.29) is 5.78 Å². The molecule has 1 fully saturated rings. The number of carbonyl (C=O) groups is 1. The molecule has 2 heterocycles. The average molecular weight is 252 g/mol. The first kappa shape index (κ1) is 13.2. The van der Waals surface area contributed by atoms with Crippen LogP contribution in [0.5, 0.6) is 0 Å². The maximum absolute atomic E-state index is 11.8. The third kappa shape index (κ3) is 3.61. The largest absolute Gasteiger partial charge is 0.378 e. The Kier molecular flexibility index (Phi) is 4.83. The smallest absolute Gasteiger partial charge is 0.184 e. The number of ketones is 1. The maximum Gasteiger partial charge on any atom is 0.184 e. The Morgan fingerprint density at radius 3 is 3.22 bits per heavy atom. The van der Waals surface area contributed by atoms with E-state index in [4.69, 9.17) is 10.5 Å². The van der Waals surface area contributed by atoms with E-state index in [2.05, 4.69) is 10.3 Å². The zero-order valence-electron chi connectivity index (χ0n) is 10.5. The van der Waals surface area contributed by atoms with Crippen LogP contribution in [0.2, 0.25) is 0 Å². The molecular weight excluding hydrogens is 232 g/mol. The van der Waals surface area contributed by atoms with Crippen molar-refractivity contribution in [2.45, 2.75) is 44.8 Å². The van der Waals surface area contributed by atoms with Gasteiger partial charge >= 0.3 is 0 Å². The number of nitrogens with two attached hydrogens (primary N) is 1. The normalized spacial score (nSPS) is 19.3. The van der Waals surface area contributed by atoms with E-state index in [0.717, 1.165) is 32.3 Å². The summed E-state index contributed by atoms with van der Waals surface area (Å²) < 4.78 is 7.12. The van der Waals surface area contributed by atoms with Crippen LogP contribution in [-0.2, 0) is 11.3 Å². The van der Waals surface area contributed by atoms with E-state index in [1.165, 1.54) is 0 Å². The van der Waals surface area contributed by atoms with Crippen molar-refractivity contribution in [2.75, 3.05) is 13.2 Å². The van der Waals surface area contributed by atoms with Crippen LogP contribution in [0.15, 0.2) is 6.20 Å². The molecule has 0 spiro atoms. The highest BCUT2D eigenvalue weighted by Crippen LogP contribution is 2.18. The van der Waals surface area contributed by atoms with Gasteiger partial charge in [0.15, 0.2) is 5.78 Å². The molecule has 0 aromatic carbocycles. The number of Topliss-reactive ketones (excluding diaryl/α,β-unsaturated/α-hetero) is 1. The highest BCUT2D eigenvalue weighted by Gasteiger charge is 2.16. The minimum absolute atomic E-state index is 0.0521. The monoisotopic (exact) mass is 252 g/mol. The van der Waals surface area contributed by atoms with Gasteiger partial charge in [0.05, 0.1) is 18.8 Å². The molecule has 0 bridgehead atoms. The molecule has 1 aliphatic rings. The number of carbonyl (C=O) groups excluding carboxylic acids is 1. The Morgan fingerprint density at radius 2 is 2.50 bits per heavy atom. The van der Waals surface area contributed by atoms with Crippen LogP contribution in [0.25, 0.3) is 0 Å². The molecule has 0 saturated carbocycles. The first-order chi connectivity index (χ1) is 8.79. The van der Waals surface area contributed by atoms with Crippen LogP contribution in [0.3, 0.4) is 0 Å². The van der Waals surface area contributed by atoms with E-state index in [1.54, 1.807) is 10.9 Å². The van der Waals surface area contributed by atoms with E-state index in [9.17, 15) is 4.79 Å². The molecule has 0 radical (unpaired) electrons. The molecule has 6 heteroatoms. The molecular formula is C12H20N4O2. The summed E-state index contributed by atoms with van der Waals surface area (Å²) in [5.41, 5.74) is 5.85. The number of aromatic nitrogens is 3. The third-order valence-corrected chi connectivity index (χ3v) is 3.14. The zero-order chi connectivity index (χ0) is 12.8. The second-order valence-electron chi connectivity index (χ2n) is 4.61. The summed E-state index contributed by atoms with van der Waals surface area (Å²) in [4.78, 5) is 11.8. The number of hydrogen-bond donors (Lipinski definition) is 1. The van der Waals surface area contributed by atoms with Crippen LogP contribution in [0.1, 0.15) is 42.6 Å². The topological polar surface area (TPSA) is 83.0 Å².